The summed E-state index contributed by atoms with van der Waals surface area (Å²) in [5, 5.41) is 26.1. The van der Waals surface area contributed by atoms with Gasteiger partial charge in [-0.2, -0.15) is 15.8 Å². The van der Waals surface area contributed by atoms with Gasteiger partial charge >= 0.3 is 3.41 Å². The molecule has 0 aliphatic rings. The van der Waals surface area contributed by atoms with Crippen molar-refractivity contribution in [2.75, 3.05) is 19.6 Å². The Morgan fingerprint density at radius 2 is 0.969 bits per heavy atom. The van der Waals surface area contributed by atoms with E-state index in [4.69, 9.17) is 15.8 Å². The van der Waals surface area contributed by atoms with Crippen molar-refractivity contribution in [3.63, 3.8) is 0 Å². The monoisotopic (exact) mass is 510 g/mol. The molecule has 0 atom stereocenters. The van der Waals surface area contributed by atoms with Crippen LogP contribution < -0.4 is 14.2 Å². The predicted octanol–water partition coefficient (Wildman–Crippen LogP) is 0.500. The summed E-state index contributed by atoms with van der Waals surface area (Å²) in [6, 6.07) is 5.07. The Balaban J connectivity index is 6.58. The first-order valence-corrected chi connectivity index (χ1v) is 14.5. The Morgan fingerprint density at radius 3 is 1.28 bits per heavy atom. The molecule has 0 aromatic heterocycles. The van der Waals surface area contributed by atoms with Crippen LogP contribution in [-0.4, -0.2) is 48.3 Å². The maximum absolute atomic E-state index is 13.2. The number of sulfonamides is 3. The molecular weight excluding hydrogens is 480 g/mol. The molecule has 0 radical (unpaired) electrons. The van der Waals surface area contributed by atoms with E-state index in [0.29, 0.717) is 12.8 Å². The van der Waals surface area contributed by atoms with Gasteiger partial charge in [-0.05, 0) is 6.42 Å². The third-order valence-electron chi connectivity index (χ3n) is 4.40. The van der Waals surface area contributed by atoms with Crippen LogP contribution in [0.1, 0.15) is 64.7 Å². The van der Waals surface area contributed by atoms with Crippen molar-refractivity contribution in [3.8, 4) is 18.2 Å². The summed E-state index contributed by atoms with van der Waals surface area (Å²) < 4.78 is 81.7. The highest BCUT2D eigenvalue weighted by molar-refractivity contribution is 8.24. The van der Waals surface area contributed by atoms with Crippen LogP contribution in [0.15, 0.2) is 0 Å². The molecule has 0 aliphatic heterocycles. The largest absolute Gasteiger partial charge is 0.313 e. The number of rotatable bonds is 18. The molecular formula is C17H30N6O6S3. The SMILES string of the molecule is CCCCCCCC(S(=O)(=O)NCCC#N)(S(=O)(=O)NCCC#N)S(=O)(=O)NCCC#N. The van der Waals surface area contributed by atoms with Crippen molar-refractivity contribution in [3.05, 3.63) is 0 Å². The number of hydrogen-bond donors (Lipinski definition) is 3. The first-order chi connectivity index (χ1) is 15.0. The average molecular weight is 511 g/mol. The van der Waals surface area contributed by atoms with Crippen LogP contribution in [0.5, 0.6) is 0 Å². The van der Waals surface area contributed by atoms with Crippen LogP contribution in [0, 0.1) is 34.0 Å². The van der Waals surface area contributed by atoms with Gasteiger partial charge in [0.15, 0.2) is 0 Å². The minimum Gasteiger partial charge on any atom is -0.212 e. The maximum Gasteiger partial charge on any atom is 0.313 e. The Labute approximate surface area is 191 Å². The summed E-state index contributed by atoms with van der Waals surface area (Å²) >= 11 is 0. The second-order valence-corrected chi connectivity index (χ2v) is 13.5. The molecule has 0 saturated carbocycles. The Kier molecular flexibility index (Phi) is 13.6. The van der Waals surface area contributed by atoms with Gasteiger partial charge in [0, 0.05) is 45.3 Å². The molecule has 0 spiro atoms. The maximum atomic E-state index is 13.2. The molecule has 12 nitrogen and oxygen atoms in total. The van der Waals surface area contributed by atoms with Crippen molar-refractivity contribution >= 4 is 30.1 Å². The molecule has 0 aliphatic carbocycles. The van der Waals surface area contributed by atoms with Crippen molar-refractivity contribution in [1.82, 2.24) is 14.2 Å². The minimum absolute atomic E-state index is 0.0303. The molecule has 15 heteroatoms. The van der Waals surface area contributed by atoms with E-state index in [1.165, 1.54) is 0 Å². The van der Waals surface area contributed by atoms with Gasteiger partial charge in [-0.3, -0.25) is 0 Å². The molecule has 0 fully saturated rings. The zero-order valence-electron chi connectivity index (χ0n) is 18.0. The molecule has 3 N–H and O–H groups in total. The Morgan fingerprint density at radius 1 is 0.625 bits per heavy atom. The van der Waals surface area contributed by atoms with Crippen molar-refractivity contribution in [2.45, 2.75) is 68.1 Å². The second kappa shape index (κ2) is 14.4. The van der Waals surface area contributed by atoms with E-state index in [2.05, 4.69) is 0 Å². The summed E-state index contributed by atoms with van der Waals surface area (Å²) in [4.78, 5) is 0. The van der Waals surface area contributed by atoms with E-state index in [9.17, 15) is 25.3 Å². The first kappa shape index (κ1) is 30.2. The third kappa shape index (κ3) is 7.96. The molecule has 0 saturated heterocycles. The lowest BCUT2D eigenvalue weighted by Crippen LogP contribution is -2.63. The van der Waals surface area contributed by atoms with Crippen molar-refractivity contribution in [1.29, 1.82) is 15.8 Å². The number of nitrogens with one attached hydrogen (secondary N) is 3. The topological polar surface area (TPSA) is 210 Å². The van der Waals surface area contributed by atoms with Gasteiger partial charge in [0.2, 0.25) is 30.1 Å². The van der Waals surface area contributed by atoms with E-state index in [1.54, 1.807) is 18.2 Å². The summed E-state index contributed by atoms with van der Waals surface area (Å²) in [7, 11) is -15.3. The van der Waals surface area contributed by atoms with Gasteiger partial charge in [-0.1, -0.05) is 32.6 Å². The van der Waals surface area contributed by atoms with Gasteiger partial charge < -0.3 is 0 Å². The summed E-state index contributed by atoms with van der Waals surface area (Å²) in [5.74, 6) is 0. The fourth-order valence-corrected chi connectivity index (χ4v) is 10.4. The summed E-state index contributed by atoms with van der Waals surface area (Å²) in [5.41, 5.74) is 0. The normalized spacial score (nSPS) is 12.6. The lowest BCUT2D eigenvalue weighted by molar-refractivity contribution is 0.510. The van der Waals surface area contributed by atoms with Gasteiger partial charge in [0.05, 0.1) is 18.2 Å². The highest BCUT2D eigenvalue weighted by atomic mass is 32.3. The summed E-state index contributed by atoms with van der Waals surface area (Å²) in [6.45, 7) is 0.481. The Hall–Kier alpha value is -1.80. The predicted molar refractivity (Wildman–Crippen MR) is 118 cm³/mol. The zero-order chi connectivity index (χ0) is 24.7. The number of nitriles is 3. The van der Waals surface area contributed by atoms with Gasteiger partial charge in [0.25, 0.3) is 0 Å². The van der Waals surface area contributed by atoms with Crippen molar-refractivity contribution in [2.24, 2.45) is 0 Å². The van der Waals surface area contributed by atoms with Crippen molar-refractivity contribution < 1.29 is 25.3 Å². The second-order valence-electron chi connectivity index (χ2n) is 6.76. The molecule has 182 valence electrons. The van der Waals surface area contributed by atoms with Gasteiger partial charge in [-0.25, -0.2) is 39.4 Å². The lowest BCUT2D eigenvalue weighted by atomic mass is 10.1. The standard InChI is InChI=1S/C17H30N6O6S3/c1-2-3-4-5-6-10-17(30(24,25)21-14-7-11-18,31(26,27)22-15-8-12-19)32(28,29)23-16-9-13-20/h21-23H,2-10,14-16H2,1H3. The highest BCUT2D eigenvalue weighted by Crippen LogP contribution is 2.35. The molecule has 0 amide bonds. The van der Waals surface area contributed by atoms with E-state index in [-0.39, 0.29) is 25.7 Å². The van der Waals surface area contributed by atoms with Crippen LogP contribution in [0.25, 0.3) is 0 Å². The minimum atomic E-state index is -5.11. The zero-order valence-corrected chi connectivity index (χ0v) is 20.5. The van der Waals surface area contributed by atoms with Gasteiger partial charge in [-0.15, -0.1) is 0 Å². The molecule has 32 heavy (non-hydrogen) atoms. The van der Waals surface area contributed by atoms with Gasteiger partial charge in [0.1, 0.15) is 0 Å². The van der Waals surface area contributed by atoms with Crippen LogP contribution >= 0.6 is 0 Å². The summed E-state index contributed by atoms with van der Waals surface area (Å²) in [6.07, 6.45) is 0.978. The Bertz CT molecular complexity index is 898. The molecule has 0 rings (SSSR count). The van der Waals surface area contributed by atoms with E-state index >= 15 is 0 Å². The van der Waals surface area contributed by atoms with Crippen LogP contribution in [0.2, 0.25) is 0 Å². The molecule has 0 heterocycles. The molecule has 0 aromatic carbocycles. The van der Waals surface area contributed by atoms with Crippen LogP contribution in [-0.2, 0) is 30.1 Å². The quantitative estimate of drug-likeness (QED) is 0.219. The van der Waals surface area contributed by atoms with E-state index < -0.39 is 59.5 Å². The molecule has 0 bridgehead atoms. The van der Waals surface area contributed by atoms with E-state index in [1.807, 2.05) is 21.1 Å². The molecule has 0 unspecified atom stereocenters. The number of nitrogens with zero attached hydrogens (tertiary/aromatic N) is 3. The third-order valence-corrected chi connectivity index (χ3v) is 13.2. The fourth-order valence-electron chi connectivity index (χ4n) is 2.84. The molecule has 0 aromatic rings. The smallest absolute Gasteiger partial charge is 0.212 e. The van der Waals surface area contributed by atoms with Crippen LogP contribution in [0.3, 0.4) is 0 Å². The number of hydrogen-bond acceptors (Lipinski definition) is 9. The highest BCUT2D eigenvalue weighted by Gasteiger charge is 2.64. The first-order valence-electron chi connectivity index (χ1n) is 10.1. The fraction of sp³-hybridized carbons (Fsp3) is 0.824. The van der Waals surface area contributed by atoms with Crippen LogP contribution in [0.4, 0.5) is 0 Å². The average Bonchev–Trinajstić information content (AvgIpc) is 2.70. The number of unbranched alkanes of at least 4 members (excludes halogenated alkanes) is 4. The van der Waals surface area contributed by atoms with E-state index in [0.717, 1.165) is 12.8 Å². The lowest BCUT2D eigenvalue weighted by Gasteiger charge is -2.32.